The summed E-state index contributed by atoms with van der Waals surface area (Å²) in [5, 5.41) is 3.28. The van der Waals surface area contributed by atoms with Crippen molar-refractivity contribution in [3.8, 4) is 0 Å². The van der Waals surface area contributed by atoms with Crippen molar-refractivity contribution in [3.63, 3.8) is 0 Å². The van der Waals surface area contributed by atoms with Crippen molar-refractivity contribution >= 4 is 33.7 Å². The Balaban J connectivity index is 2.51. The molecule has 0 aromatic carbocycles. The highest BCUT2D eigenvalue weighted by molar-refractivity contribution is 7.84. The molecule has 0 fully saturated rings. The molecule has 6 heteroatoms. The van der Waals surface area contributed by atoms with Gasteiger partial charge in [0.25, 0.3) is 0 Å². The maximum Gasteiger partial charge on any atom is 0.122 e. The maximum absolute atomic E-state index is 11.0. The van der Waals surface area contributed by atoms with E-state index in [-0.39, 0.29) is 6.04 Å². The van der Waals surface area contributed by atoms with Gasteiger partial charge in [-0.15, -0.1) is 0 Å². The van der Waals surface area contributed by atoms with Crippen LogP contribution in [0.25, 0.3) is 0 Å². The highest BCUT2D eigenvalue weighted by atomic mass is 32.2. The number of hydrogen-bond acceptors (Lipinski definition) is 4. The predicted octanol–water partition coefficient (Wildman–Crippen LogP) is 1.28. The van der Waals surface area contributed by atoms with Gasteiger partial charge < -0.3 is 11.1 Å². The second-order valence-electron chi connectivity index (χ2n) is 3.91. The van der Waals surface area contributed by atoms with E-state index in [2.05, 4.69) is 10.3 Å². The Bertz CT molecular complexity index is 406. The van der Waals surface area contributed by atoms with E-state index in [0.29, 0.717) is 16.4 Å². The van der Waals surface area contributed by atoms with Crippen LogP contribution in [-0.4, -0.2) is 32.2 Å². The van der Waals surface area contributed by atoms with Crippen molar-refractivity contribution in [2.45, 2.75) is 19.4 Å². The molecule has 0 aliphatic heterocycles. The van der Waals surface area contributed by atoms with E-state index in [1.807, 2.05) is 13.0 Å². The van der Waals surface area contributed by atoms with Gasteiger partial charge >= 0.3 is 0 Å². The summed E-state index contributed by atoms with van der Waals surface area (Å²) in [4.78, 5) is 4.43. The molecular weight excluding hydrogens is 254 g/mol. The zero-order chi connectivity index (χ0) is 12.8. The molecule has 1 heterocycles. The van der Waals surface area contributed by atoms with Crippen molar-refractivity contribution in [1.82, 2.24) is 4.98 Å². The fraction of sp³-hybridized carbons (Fsp3) is 0.455. The van der Waals surface area contributed by atoms with Crippen molar-refractivity contribution in [2.24, 2.45) is 5.73 Å². The summed E-state index contributed by atoms with van der Waals surface area (Å²) in [6.07, 6.45) is 4.28. The van der Waals surface area contributed by atoms with Crippen LogP contribution in [0.4, 0.5) is 5.69 Å². The van der Waals surface area contributed by atoms with Crippen LogP contribution in [0, 0.1) is 0 Å². The minimum Gasteiger partial charge on any atom is -0.388 e. The molecule has 0 spiro atoms. The smallest absolute Gasteiger partial charge is 0.122 e. The van der Waals surface area contributed by atoms with E-state index in [1.165, 1.54) is 0 Å². The number of aromatic nitrogens is 1. The van der Waals surface area contributed by atoms with Gasteiger partial charge in [0.05, 0.1) is 17.6 Å². The molecule has 0 saturated carbocycles. The Labute approximate surface area is 109 Å². The second-order valence-corrected chi connectivity index (χ2v) is 5.90. The Morgan fingerprint density at radius 1 is 1.65 bits per heavy atom. The number of thiocarbonyl (C=S) groups is 1. The lowest BCUT2D eigenvalue weighted by Gasteiger charge is -2.14. The minimum atomic E-state index is -0.743. The van der Waals surface area contributed by atoms with Crippen LogP contribution in [0.15, 0.2) is 18.3 Å². The van der Waals surface area contributed by atoms with Gasteiger partial charge in [0.1, 0.15) is 4.99 Å². The number of anilines is 1. The molecule has 94 valence electrons. The summed E-state index contributed by atoms with van der Waals surface area (Å²) >= 11 is 4.82. The van der Waals surface area contributed by atoms with E-state index in [4.69, 9.17) is 18.0 Å². The van der Waals surface area contributed by atoms with Gasteiger partial charge in [-0.3, -0.25) is 9.19 Å². The third-order valence-corrected chi connectivity index (χ3v) is 3.29. The molecule has 0 saturated heterocycles. The van der Waals surface area contributed by atoms with Crippen molar-refractivity contribution < 1.29 is 4.21 Å². The van der Waals surface area contributed by atoms with Crippen LogP contribution in [0.1, 0.15) is 19.0 Å². The number of nitrogens with one attached hydrogen (secondary N) is 1. The average Bonchev–Trinajstić information content (AvgIpc) is 2.27. The van der Waals surface area contributed by atoms with Gasteiger partial charge in [-0.2, -0.15) is 0 Å². The topological polar surface area (TPSA) is 68.0 Å². The number of nitrogens with zero attached hydrogens (tertiary/aromatic N) is 1. The van der Waals surface area contributed by atoms with E-state index < -0.39 is 10.8 Å². The monoisotopic (exact) mass is 271 g/mol. The van der Waals surface area contributed by atoms with Crippen LogP contribution in [0.3, 0.4) is 0 Å². The Hall–Kier alpha value is -1.01. The SMILES string of the molecule is CC(CCS(C)=O)Nc1ccc(C(N)=S)nc1. The molecule has 17 heavy (non-hydrogen) atoms. The third-order valence-electron chi connectivity index (χ3n) is 2.27. The fourth-order valence-corrected chi connectivity index (χ4v) is 2.13. The highest BCUT2D eigenvalue weighted by Gasteiger charge is 2.04. The molecule has 4 nitrogen and oxygen atoms in total. The van der Waals surface area contributed by atoms with Crippen LogP contribution in [0.2, 0.25) is 0 Å². The molecule has 3 N–H and O–H groups in total. The van der Waals surface area contributed by atoms with Crippen molar-refractivity contribution in [2.75, 3.05) is 17.3 Å². The first-order valence-electron chi connectivity index (χ1n) is 5.31. The maximum atomic E-state index is 11.0. The van der Waals surface area contributed by atoms with Gasteiger partial charge in [-0.1, -0.05) is 12.2 Å². The Morgan fingerprint density at radius 3 is 2.82 bits per heavy atom. The Morgan fingerprint density at radius 2 is 2.35 bits per heavy atom. The van der Waals surface area contributed by atoms with Gasteiger partial charge in [-0.05, 0) is 25.5 Å². The lowest BCUT2D eigenvalue weighted by atomic mass is 10.2. The van der Waals surface area contributed by atoms with Crippen molar-refractivity contribution in [1.29, 1.82) is 0 Å². The zero-order valence-corrected chi connectivity index (χ0v) is 11.6. The fourth-order valence-electron chi connectivity index (χ4n) is 1.32. The quantitative estimate of drug-likeness (QED) is 0.763. The zero-order valence-electron chi connectivity index (χ0n) is 9.97. The lowest BCUT2D eigenvalue weighted by Crippen LogP contribution is -2.18. The molecule has 2 unspecified atom stereocenters. The van der Waals surface area contributed by atoms with E-state index in [9.17, 15) is 4.21 Å². The van der Waals surface area contributed by atoms with Crippen LogP contribution >= 0.6 is 12.2 Å². The van der Waals surface area contributed by atoms with E-state index >= 15 is 0 Å². The minimum absolute atomic E-state index is 0.261. The first-order valence-corrected chi connectivity index (χ1v) is 7.45. The summed E-state index contributed by atoms with van der Waals surface area (Å²) in [5.74, 6) is 0.701. The number of pyridine rings is 1. The van der Waals surface area contributed by atoms with Crippen molar-refractivity contribution in [3.05, 3.63) is 24.0 Å². The molecule has 0 amide bonds. The molecule has 1 aromatic rings. The first-order chi connectivity index (χ1) is 7.99. The van der Waals surface area contributed by atoms with Gasteiger partial charge in [0.2, 0.25) is 0 Å². The molecule has 2 atom stereocenters. The van der Waals surface area contributed by atoms with Crippen LogP contribution in [0.5, 0.6) is 0 Å². The third kappa shape index (κ3) is 5.23. The number of nitrogens with two attached hydrogens (primary N) is 1. The average molecular weight is 271 g/mol. The largest absolute Gasteiger partial charge is 0.388 e. The van der Waals surface area contributed by atoms with Crippen LogP contribution in [-0.2, 0) is 10.8 Å². The summed E-state index contributed by atoms with van der Waals surface area (Å²) in [6, 6.07) is 3.94. The Kier molecular flexibility index (Phi) is 5.50. The van der Waals surface area contributed by atoms with Crippen LogP contribution < -0.4 is 11.1 Å². The number of rotatable bonds is 6. The second kappa shape index (κ2) is 6.66. The van der Waals surface area contributed by atoms with Gasteiger partial charge in [0, 0.05) is 28.9 Å². The van der Waals surface area contributed by atoms with Gasteiger partial charge in [-0.25, -0.2) is 0 Å². The molecule has 1 aromatic heterocycles. The molecule has 0 bridgehead atoms. The standard InChI is InChI=1S/C11H17N3OS2/c1-8(5-6-17(2)15)14-9-3-4-10(11(12)16)13-7-9/h3-4,7-8,14H,5-6H2,1-2H3,(H2,12,16). The molecular formula is C11H17N3OS2. The molecule has 0 aliphatic carbocycles. The predicted molar refractivity (Wildman–Crippen MR) is 76.8 cm³/mol. The number of hydrogen-bond donors (Lipinski definition) is 2. The van der Waals surface area contributed by atoms with Gasteiger partial charge in [0.15, 0.2) is 0 Å². The summed E-state index contributed by atoms with van der Waals surface area (Å²) in [5.41, 5.74) is 7.00. The normalized spacial score (nSPS) is 14.0. The lowest BCUT2D eigenvalue weighted by molar-refractivity contribution is 0.678. The highest BCUT2D eigenvalue weighted by Crippen LogP contribution is 2.09. The summed E-state index contributed by atoms with van der Waals surface area (Å²) in [7, 11) is -0.743. The summed E-state index contributed by atoms with van der Waals surface area (Å²) < 4.78 is 11.0. The first kappa shape index (κ1) is 14.1. The van der Waals surface area contributed by atoms with E-state index in [0.717, 1.165) is 12.1 Å². The summed E-state index contributed by atoms with van der Waals surface area (Å²) in [6.45, 7) is 2.05. The van der Waals surface area contributed by atoms with E-state index in [1.54, 1.807) is 18.5 Å². The molecule has 1 rings (SSSR count). The molecule has 0 aliphatic rings. The molecule has 0 radical (unpaired) electrons.